The van der Waals surface area contributed by atoms with Crippen molar-refractivity contribution in [1.29, 1.82) is 0 Å². The predicted octanol–water partition coefficient (Wildman–Crippen LogP) is 4.52. The van der Waals surface area contributed by atoms with E-state index in [-0.39, 0.29) is 17.0 Å². The minimum Gasteiger partial charge on any atom is -0.497 e. The molecule has 152 valence electrons. The Labute approximate surface area is 181 Å². The van der Waals surface area contributed by atoms with Crippen molar-refractivity contribution in [3.05, 3.63) is 54.5 Å². The van der Waals surface area contributed by atoms with Gasteiger partial charge in [0.05, 0.1) is 13.7 Å². The molecular weight excluding hydrogens is 432 g/mol. The molecule has 29 heavy (non-hydrogen) atoms. The molecule has 0 saturated carbocycles. The number of hydrogen-bond donors (Lipinski definition) is 0. The lowest BCUT2D eigenvalue weighted by molar-refractivity contribution is -0.702. The highest BCUT2D eigenvalue weighted by Crippen LogP contribution is 2.36. The molecule has 5 nitrogen and oxygen atoms in total. The van der Waals surface area contributed by atoms with Crippen LogP contribution in [-0.4, -0.2) is 24.9 Å². The molecule has 0 fully saturated rings. The van der Waals surface area contributed by atoms with E-state index in [0.717, 1.165) is 41.5 Å². The van der Waals surface area contributed by atoms with Crippen LogP contribution in [-0.2, 0) is 13.0 Å². The number of ether oxygens (including phenoxy) is 3. The molecule has 0 bridgehead atoms. The van der Waals surface area contributed by atoms with Crippen LogP contribution in [0.4, 0.5) is 0 Å². The van der Waals surface area contributed by atoms with Crippen LogP contribution in [0.2, 0.25) is 0 Å². The van der Waals surface area contributed by atoms with Gasteiger partial charge in [-0.05, 0) is 61.7 Å². The minimum absolute atomic E-state index is 0. The number of hydrogen-bond acceptors (Lipinski definition) is 3. The maximum Gasteiger partial charge on any atom is 0.262 e. The molecule has 0 aliphatic carbocycles. The normalized spacial score (nSPS) is 15.1. The van der Waals surface area contributed by atoms with Gasteiger partial charge in [-0.2, -0.15) is 4.57 Å². The molecule has 2 aliphatic rings. The fraction of sp³-hybridized carbons (Fsp3) is 0.348. The van der Waals surface area contributed by atoms with Gasteiger partial charge in [-0.25, -0.2) is 4.57 Å². The third-order valence-corrected chi connectivity index (χ3v) is 5.58. The molecule has 0 saturated heterocycles. The summed E-state index contributed by atoms with van der Waals surface area (Å²) in [7, 11) is 1.70. The lowest BCUT2D eigenvalue weighted by atomic mass is 10.1. The number of halogens is 1. The van der Waals surface area contributed by atoms with Crippen molar-refractivity contribution >= 4 is 17.0 Å². The van der Waals surface area contributed by atoms with Gasteiger partial charge in [0.25, 0.3) is 5.82 Å². The van der Waals surface area contributed by atoms with Gasteiger partial charge < -0.3 is 14.2 Å². The van der Waals surface area contributed by atoms with Crippen LogP contribution in [0.25, 0.3) is 16.9 Å². The molecule has 0 spiro atoms. The summed E-state index contributed by atoms with van der Waals surface area (Å²) in [6.45, 7) is 2.27. The fourth-order valence-electron chi connectivity index (χ4n) is 4.16. The molecular formula is C23H26BrN2O3+. The largest absolute Gasteiger partial charge is 0.497 e. The number of aromatic nitrogens is 2. The molecule has 0 unspecified atom stereocenters. The topological polar surface area (TPSA) is 36.5 Å². The Morgan fingerprint density at radius 1 is 0.931 bits per heavy atom. The lowest BCUT2D eigenvalue weighted by Crippen LogP contribution is -2.35. The molecule has 2 aromatic carbocycles. The smallest absolute Gasteiger partial charge is 0.262 e. The molecule has 2 aliphatic heterocycles. The van der Waals surface area contributed by atoms with Crippen LogP contribution >= 0.6 is 17.0 Å². The minimum atomic E-state index is 0. The number of fused-ring (bicyclic) bond motifs is 2. The van der Waals surface area contributed by atoms with E-state index >= 15 is 0 Å². The van der Waals surface area contributed by atoms with Crippen molar-refractivity contribution in [2.45, 2.75) is 32.2 Å². The first-order valence-electron chi connectivity index (χ1n) is 10.0. The number of rotatable bonds is 3. The highest BCUT2D eigenvalue weighted by molar-refractivity contribution is 8.93. The van der Waals surface area contributed by atoms with E-state index in [1.165, 1.54) is 30.8 Å². The van der Waals surface area contributed by atoms with Gasteiger partial charge in [0.1, 0.15) is 30.8 Å². The molecule has 3 heterocycles. The zero-order valence-corrected chi connectivity index (χ0v) is 18.3. The zero-order valence-electron chi connectivity index (χ0n) is 16.6. The Morgan fingerprint density at radius 3 is 2.52 bits per heavy atom. The maximum atomic E-state index is 5.83. The summed E-state index contributed by atoms with van der Waals surface area (Å²) in [5.74, 6) is 3.88. The summed E-state index contributed by atoms with van der Waals surface area (Å²) in [4.78, 5) is 0. The standard InChI is InChI=1S/C23H25N2O3.BrH/c1-26-19-9-7-18(8-10-19)25-20(16-24-12-4-2-3-5-23(24)25)17-6-11-21-22(15-17)28-14-13-27-21;/h6-11,15-16H,2-5,12-14H2,1H3;1H/q+1;. The highest BCUT2D eigenvalue weighted by atomic mass is 79.9. The average Bonchev–Trinajstić information content (AvgIpc) is 2.96. The van der Waals surface area contributed by atoms with Gasteiger partial charge in [0.2, 0.25) is 0 Å². The van der Waals surface area contributed by atoms with E-state index < -0.39 is 0 Å². The van der Waals surface area contributed by atoms with Crippen LogP contribution in [0.15, 0.2) is 48.7 Å². The van der Waals surface area contributed by atoms with Crippen molar-refractivity contribution in [3.8, 4) is 34.2 Å². The third-order valence-electron chi connectivity index (χ3n) is 5.58. The first-order valence-corrected chi connectivity index (χ1v) is 10.0. The van der Waals surface area contributed by atoms with Gasteiger partial charge in [0.15, 0.2) is 17.2 Å². The highest BCUT2D eigenvalue weighted by Gasteiger charge is 2.28. The van der Waals surface area contributed by atoms with Gasteiger partial charge in [-0.3, -0.25) is 0 Å². The Bertz CT molecular complexity index is 998. The molecule has 1 aromatic heterocycles. The van der Waals surface area contributed by atoms with Crippen molar-refractivity contribution in [3.63, 3.8) is 0 Å². The molecule has 0 amide bonds. The zero-order chi connectivity index (χ0) is 18.9. The Hall–Kier alpha value is -2.47. The SMILES string of the molecule is Br.COc1ccc(-n2c(-c3ccc4c(c3)OCCO4)c[n+]3c2CCCCC3)cc1. The quantitative estimate of drug-likeness (QED) is 0.542. The average molecular weight is 458 g/mol. The summed E-state index contributed by atoms with van der Waals surface area (Å²) in [6, 6.07) is 14.6. The fourth-order valence-corrected chi connectivity index (χ4v) is 4.16. The number of benzene rings is 2. The number of aryl methyl sites for hydroxylation is 1. The molecule has 3 aromatic rings. The Morgan fingerprint density at radius 2 is 1.72 bits per heavy atom. The van der Waals surface area contributed by atoms with E-state index in [4.69, 9.17) is 14.2 Å². The summed E-state index contributed by atoms with van der Waals surface area (Å²) in [6.07, 6.45) is 7.10. The number of nitrogens with zero attached hydrogens (tertiary/aromatic N) is 2. The summed E-state index contributed by atoms with van der Waals surface area (Å²) in [5.41, 5.74) is 3.47. The van der Waals surface area contributed by atoms with Crippen LogP contribution in [0.5, 0.6) is 17.2 Å². The maximum absolute atomic E-state index is 5.83. The van der Waals surface area contributed by atoms with Gasteiger partial charge in [0, 0.05) is 12.0 Å². The van der Waals surface area contributed by atoms with Crippen LogP contribution in [0, 0.1) is 0 Å². The van der Waals surface area contributed by atoms with E-state index in [1.807, 2.05) is 18.2 Å². The van der Waals surface area contributed by atoms with Gasteiger partial charge in [-0.15, -0.1) is 17.0 Å². The molecule has 5 rings (SSSR count). The van der Waals surface area contributed by atoms with E-state index in [2.05, 4.69) is 39.6 Å². The number of methoxy groups -OCH3 is 1. The van der Waals surface area contributed by atoms with Crippen LogP contribution < -0.4 is 18.8 Å². The summed E-state index contributed by atoms with van der Waals surface area (Å²) in [5, 5.41) is 0. The first-order chi connectivity index (χ1) is 13.8. The van der Waals surface area contributed by atoms with Gasteiger partial charge in [-0.1, -0.05) is 0 Å². The van der Waals surface area contributed by atoms with Crippen LogP contribution in [0.3, 0.4) is 0 Å². The van der Waals surface area contributed by atoms with Crippen molar-refractivity contribution < 1.29 is 18.8 Å². The van der Waals surface area contributed by atoms with Crippen molar-refractivity contribution in [1.82, 2.24) is 4.57 Å². The summed E-state index contributed by atoms with van der Waals surface area (Å²) < 4.78 is 21.7. The molecule has 0 atom stereocenters. The first kappa shape index (κ1) is 19.8. The van der Waals surface area contributed by atoms with Crippen LogP contribution in [0.1, 0.15) is 25.1 Å². The lowest BCUT2D eigenvalue weighted by Gasteiger charge is -2.18. The Balaban J connectivity index is 0.00000205. The van der Waals surface area contributed by atoms with E-state index in [0.29, 0.717) is 13.2 Å². The van der Waals surface area contributed by atoms with E-state index in [9.17, 15) is 0 Å². The second kappa shape index (κ2) is 8.49. The third kappa shape index (κ3) is 3.73. The number of imidazole rings is 1. The second-order valence-corrected chi connectivity index (χ2v) is 7.33. The van der Waals surface area contributed by atoms with Crippen molar-refractivity contribution in [2.24, 2.45) is 0 Å². The monoisotopic (exact) mass is 457 g/mol. The second-order valence-electron chi connectivity index (χ2n) is 7.33. The Kier molecular flexibility index (Phi) is 5.81. The predicted molar refractivity (Wildman–Crippen MR) is 117 cm³/mol. The molecule has 0 N–H and O–H groups in total. The molecule has 6 heteroatoms. The van der Waals surface area contributed by atoms with E-state index in [1.54, 1.807) is 7.11 Å². The molecule has 0 radical (unpaired) electrons. The summed E-state index contributed by atoms with van der Waals surface area (Å²) >= 11 is 0. The van der Waals surface area contributed by atoms with Gasteiger partial charge >= 0.3 is 0 Å². The van der Waals surface area contributed by atoms with Crippen molar-refractivity contribution in [2.75, 3.05) is 20.3 Å².